The lowest BCUT2D eigenvalue weighted by Gasteiger charge is -2.45. The number of likely N-dealkylation sites (N-methyl/N-ethyl adjacent to an activating group) is 1. The fourth-order valence-corrected chi connectivity index (χ4v) is 4.65. The van der Waals surface area contributed by atoms with Crippen molar-refractivity contribution in [2.24, 2.45) is 0 Å². The van der Waals surface area contributed by atoms with E-state index in [0.29, 0.717) is 0 Å². The lowest BCUT2D eigenvalue weighted by Crippen LogP contribution is -2.58. The number of nitrogens with zero attached hydrogens (tertiary/aromatic N) is 3. The Balaban J connectivity index is 2.04. The van der Waals surface area contributed by atoms with Crippen LogP contribution < -0.4 is 19.1 Å². The van der Waals surface area contributed by atoms with Crippen molar-refractivity contribution in [1.82, 2.24) is 0 Å². The van der Waals surface area contributed by atoms with Crippen LogP contribution in [0.1, 0.15) is 25.0 Å². The Kier molecular flexibility index (Phi) is 4.35. The zero-order valence-corrected chi connectivity index (χ0v) is 17.7. The van der Waals surface area contributed by atoms with Crippen molar-refractivity contribution < 1.29 is 24.1 Å². The molecule has 0 amide bonds. The number of methoxy groups -OCH3 is 2. The van der Waals surface area contributed by atoms with Gasteiger partial charge in [-0.3, -0.25) is 20.2 Å². The molecule has 2 aliphatic heterocycles. The van der Waals surface area contributed by atoms with Gasteiger partial charge >= 0.3 is 11.4 Å². The van der Waals surface area contributed by atoms with Gasteiger partial charge in [-0.15, -0.1) is 0 Å². The van der Waals surface area contributed by atoms with Crippen LogP contribution in [0.5, 0.6) is 17.2 Å². The van der Waals surface area contributed by atoms with E-state index >= 15 is 0 Å². The third-order valence-corrected chi connectivity index (χ3v) is 6.19. The molecule has 1 spiro atoms. The zero-order valence-electron chi connectivity index (χ0n) is 17.7. The van der Waals surface area contributed by atoms with Crippen molar-refractivity contribution in [3.63, 3.8) is 0 Å². The van der Waals surface area contributed by atoms with Crippen LogP contribution in [0.15, 0.2) is 30.3 Å². The molecule has 1 unspecified atom stereocenters. The molecule has 2 aromatic carbocycles. The molecule has 10 nitrogen and oxygen atoms in total. The topological polar surface area (TPSA) is 117 Å². The summed E-state index contributed by atoms with van der Waals surface area (Å²) in [5.41, 5.74) is -0.912. The fraction of sp³-hybridized carbons (Fsp3) is 0.333. The summed E-state index contributed by atoms with van der Waals surface area (Å²) in [6.07, 6.45) is 3.35. The molecule has 0 aliphatic carbocycles. The molecule has 4 rings (SSSR count). The van der Waals surface area contributed by atoms with Gasteiger partial charge < -0.3 is 19.1 Å². The van der Waals surface area contributed by atoms with Crippen molar-refractivity contribution in [3.8, 4) is 17.2 Å². The van der Waals surface area contributed by atoms with E-state index in [9.17, 15) is 20.2 Å². The second-order valence-corrected chi connectivity index (χ2v) is 7.85. The average molecular weight is 427 g/mol. The van der Waals surface area contributed by atoms with Gasteiger partial charge in [-0.1, -0.05) is 18.2 Å². The highest BCUT2D eigenvalue weighted by Crippen LogP contribution is 2.60. The van der Waals surface area contributed by atoms with Crippen LogP contribution in [-0.4, -0.2) is 36.8 Å². The van der Waals surface area contributed by atoms with Crippen molar-refractivity contribution in [2.45, 2.75) is 25.0 Å². The minimum absolute atomic E-state index is 0.118. The minimum Gasteiger partial charge on any atom is -0.490 e. The van der Waals surface area contributed by atoms with E-state index in [1.165, 1.54) is 7.11 Å². The number of fused-ring (bicyclic) bond motifs is 2. The van der Waals surface area contributed by atoms with Crippen LogP contribution in [-0.2, 0) is 5.41 Å². The molecule has 0 bridgehead atoms. The third-order valence-electron chi connectivity index (χ3n) is 6.19. The number of para-hydroxylation sites is 1. The van der Waals surface area contributed by atoms with Crippen LogP contribution in [0.2, 0.25) is 0 Å². The van der Waals surface area contributed by atoms with E-state index in [2.05, 4.69) is 0 Å². The van der Waals surface area contributed by atoms with Gasteiger partial charge in [0.05, 0.1) is 35.0 Å². The molecule has 10 heteroatoms. The number of nitro groups is 2. The lowest BCUT2D eigenvalue weighted by molar-refractivity contribution is -0.397. The normalized spacial score (nSPS) is 20.1. The first-order valence-corrected chi connectivity index (χ1v) is 9.44. The summed E-state index contributed by atoms with van der Waals surface area (Å²) in [4.78, 5) is 24.2. The summed E-state index contributed by atoms with van der Waals surface area (Å²) in [7, 11) is 4.24. The second kappa shape index (κ2) is 6.59. The smallest absolute Gasteiger partial charge is 0.360 e. The number of benzene rings is 2. The molecule has 2 heterocycles. The fourth-order valence-electron chi connectivity index (χ4n) is 4.65. The Labute approximate surface area is 177 Å². The Hall–Kier alpha value is -3.82. The zero-order chi connectivity index (χ0) is 22.7. The number of nitro benzene ring substituents is 2. The van der Waals surface area contributed by atoms with Crippen molar-refractivity contribution >= 4 is 23.1 Å². The molecule has 1 atom stereocenters. The molecule has 31 heavy (non-hydrogen) atoms. The van der Waals surface area contributed by atoms with Gasteiger partial charge in [0.25, 0.3) is 5.75 Å². The first-order chi connectivity index (χ1) is 14.6. The van der Waals surface area contributed by atoms with E-state index < -0.39 is 38.1 Å². The van der Waals surface area contributed by atoms with Crippen LogP contribution in [0.25, 0.3) is 6.08 Å². The number of ether oxygens (including phenoxy) is 3. The molecular formula is C21H21N3O7. The van der Waals surface area contributed by atoms with Crippen molar-refractivity contribution in [2.75, 3.05) is 26.2 Å². The van der Waals surface area contributed by atoms with E-state index in [1.54, 1.807) is 12.2 Å². The summed E-state index contributed by atoms with van der Waals surface area (Å²) in [5, 5.41) is 23.8. The maximum atomic E-state index is 12.0. The van der Waals surface area contributed by atoms with Crippen molar-refractivity contribution in [1.29, 1.82) is 0 Å². The highest BCUT2D eigenvalue weighted by atomic mass is 16.6. The average Bonchev–Trinajstić information content (AvgIpc) is 2.90. The molecule has 0 saturated carbocycles. The van der Waals surface area contributed by atoms with Gasteiger partial charge in [0.15, 0.2) is 0 Å². The van der Waals surface area contributed by atoms with E-state index in [1.807, 2.05) is 50.1 Å². The highest BCUT2D eigenvalue weighted by Gasteiger charge is 2.59. The largest absolute Gasteiger partial charge is 0.490 e. The quantitative estimate of drug-likeness (QED) is 0.530. The van der Waals surface area contributed by atoms with Gasteiger partial charge in [-0.2, -0.15) is 0 Å². The molecule has 0 radical (unpaired) electrons. The molecule has 0 N–H and O–H groups in total. The molecule has 0 aromatic heterocycles. The summed E-state index contributed by atoms with van der Waals surface area (Å²) >= 11 is 0. The molecule has 0 fully saturated rings. The predicted octanol–water partition coefficient (Wildman–Crippen LogP) is 4.05. The molecule has 162 valence electrons. The Morgan fingerprint density at radius 3 is 2.16 bits per heavy atom. The predicted molar refractivity (Wildman–Crippen MR) is 113 cm³/mol. The van der Waals surface area contributed by atoms with E-state index in [4.69, 9.17) is 14.2 Å². The summed E-state index contributed by atoms with van der Waals surface area (Å²) < 4.78 is 16.8. The van der Waals surface area contributed by atoms with Crippen LogP contribution in [0.4, 0.5) is 17.1 Å². The lowest BCUT2D eigenvalue weighted by atomic mass is 9.76. The number of hydrogen-bond acceptors (Lipinski definition) is 8. The summed E-state index contributed by atoms with van der Waals surface area (Å²) in [6, 6.07) is 7.76. The maximum absolute atomic E-state index is 12.0. The molecule has 2 aromatic rings. The first-order valence-electron chi connectivity index (χ1n) is 9.44. The van der Waals surface area contributed by atoms with Gasteiger partial charge in [0.2, 0.25) is 17.2 Å². The van der Waals surface area contributed by atoms with Gasteiger partial charge in [-0.25, -0.2) is 0 Å². The summed E-state index contributed by atoms with van der Waals surface area (Å²) in [6.45, 7) is 3.96. The van der Waals surface area contributed by atoms with Crippen LogP contribution in [0.3, 0.4) is 0 Å². The SMILES string of the molecule is COc1c2c(c([N+](=O)[O-])c(OC)c1[N+](=O)[O-])OC1(C=C2)N(C)c2ccccc2C1(C)C. The molecule has 0 saturated heterocycles. The number of anilines is 1. The third kappa shape index (κ3) is 2.44. The van der Waals surface area contributed by atoms with Crippen molar-refractivity contribution in [3.05, 3.63) is 61.7 Å². The van der Waals surface area contributed by atoms with Gasteiger partial charge in [-0.05, 0) is 37.6 Å². The van der Waals surface area contributed by atoms with Gasteiger partial charge in [0, 0.05) is 12.7 Å². The molecule has 2 aliphatic rings. The first kappa shape index (κ1) is 20.5. The number of rotatable bonds is 4. The van der Waals surface area contributed by atoms with Crippen LogP contribution >= 0.6 is 0 Å². The Bertz CT molecular complexity index is 1160. The monoisotopic (exact) mass is 427 g/mol. The van der Waals surface area contributed by atoms with E-state index in [-0.39, 0.29) is 17.1 Å². The van der Waals surface area contributed by atoms with Gasteiger partial charge in [0.1, 0.15) is 0 Å². The van der Waals surface area contributed by atoms with Crippen LogP contribution in [0, 0.1) is 20.2 Å². The maximum Gasteiger partial charge on any atom is 0.360 e. The number of hydrogen-bond donors (Lipinski definition) is 0. The Morgan fingerprint density at radius 2 is 1.61 bits per heavy atom. The molecular weight excluding hydrogens is 406 g/mol. The summed E-state index contributed by atoms with van der Waals surface area (Å²) in [5.74, 6) is -0.823. The second-order valence-electron chi connectivity index (χ2n) is 7.85. The Morgan fingerprint density at radius 1 is 1.00 bits per heavy atom. The minimum atomic E-state index is -1.11. The highest BCUT2D eigenvalue weighted by molar-refractivity contribution is 5.85. The van der Waals surface area contributed by atoms with E-state index in [0.717, 1.165) is 18.4 Å². The standard InChI is InChI=1S/C21H21N3O7/c1-20(2)13-8-6-7-9-14(13)22(3)21(20)11-10-12-17(29-4)15(23(25)26)19(30-5)16(24(27)28)18(12)31-21/h6-11H,1-5H3.